The van der Waals surface area contributed by atoms with Crippen molar-refractivity contribution in [3.05, 3.63) is 24.0 Å². The van der Waals surface area contributed by atoms with Gasteiger partial charge in [-0.25, -0.2) is 4.98 Å². The minimum absolute atomic E-state index is 0.117. The van der Waals surface area contributed by atoms with E-state index in [0.29, 0.717) is 17.2 Å². The predicted molar refractivity (Wildman–Crippen MR) is 86.8 cm³/mol. The van der Waals surface area contributed by atoms with Crippen molar-refractivity contribution in [2.24, 2.45) is 5.92 Å². The molecule has 3 N–H and O–H groups in total. The van der Waals surface area contributed by atoms with Crippen molar-refractivity contribution < 1.29 is 17.9 Å². The average molecular weight is 355 g/mol. The molecule has 136 valence electrons. The Balaban J connectivity index is 1.99. The summed E-state index contributed by atoms with van der Waals surface area (Å²) in [5, 5.41) is 7.90. The minimum atomic E-state index is -4.83. The minimum Gasteiger partial charge on any atom is -0.402 e. The Labute approximate surface area is 143 Å². The van der Waals surface area contributed by atoms with Crippen molar-refractivity contribution in [2.45, 2.75) is 39.2 Å². The summed E-state index contributed by atoms with van der Waals surface area (Å²) in [7, 11) is 0. The van der Waals surface area contributed by atoms with E-state index in [1.807, 2.05) is 24.6 Å². The van der Waals surface area contributed by atoms with Gasteiger partial charge in [0.15, 0.2) is 11.6 Å². The fraction of sp³-hybridized carbons (Fsp3) is 0.500. The second-order valence-corrected chi connectivity index (χ2v) is 6.51. The van der Waals surface area contributed by atoms with Gasteiger partial charge in [-0.1, -0.05) is 6.92 Å². The molecule has 0 aliphatic carbocycles. The third-order valence-electron chi connectivity index (χ3n) is 4.20. The van der Waals surface area contributed by atoms with E-state index in [2.05, 4.69) is 27.1 Å². The molecular formula is C16H20F3N5O. The maximum Gasteiger partial charge on any atom is 0.573 e. The van der Waals surface area contributed by atoms with Crippen molar-refractivity contribution in [3.8, 4) is 17.0 Å². The number of hydrogen-bond donors (Lipinski definition) is 2. The van der Waals surface area contributed by atoms with E-state index in [4.69, 9.17) is 5.73 Å². The van der Waals surface area contributed by atoms with Crippen LogP contribution >= 0.6 is 0 Å². The van der Waals surface area contributed by atoms with Gasteiger partial charge in [-0.15, -0.1) is 13.2 Å². The zero-order chi connectivity index (χ0) is 18.4. The third kappa shape index (κ3) is 3.55. The number of aromatic nitrogens is 3. The molecule has 2 aromatic heterocycles. The predicted octanol–water partition coefficient (Wildman–Crippen LogP) is 3.29. The van der Waals surface area contributed by atoms with Crippen molar-refractivity contribution in [3.63, 3.8) is 0 Å². The highest BCUT2D eigenvalue weighted by atomic mass is 19.4. The maximum atomic E-state index is 12.5. The van der Waals surface area contributed by atoms with Crippen LogP contribution in [0.25, 0.3) is 11.3 Å². The Morgan fingerprint density at radius 2 is 2.08 bits per heavy atom. The van der Waals surface area contributed by atoms with Crippen LogP contribution in [0, 0.1) is 5.92 Å². The molecule has 1 aliphatic rings. The second kappa shape index (κ2) is 6.21. The van der Waals surface area contributed by atoms with Gasteiger partial charge in [-0.2, -0.15) is 5.10 Å². The highest BCUT2D eigenvalue weighted by Gasteiger charge is 2.33. The van der Waals surface area contributed by atoms with Crippen LogP contribution in [-0.2, 0) is 0 Å². The van der Waals surface area contributed by atoms with Gasteiger partial charge in [-0.05, 0) is 31.9 Å². The topological polar surface area (TPSA) is 78.0 Å². The summed E-state index contributed by atoms with van der Waals surface area (Å²) in [6.07, 6.45) is -3.44. The molecule has 2 atom stereocenters. The molecule has 25 heavy (non-hydrogen) atoms. The lowest BCUT2D eigenvalue weighted by molar-refractivity contribution is -0.274. The normalized spacial score (nSPS) is 20.6. The summed E-state index contributed by atoms with van der Waals surface area (Å²) in [6.45, 7) is 7.07. The summed E-state index contributed by atoms with van der Waals surface area (Å²) < 4.78 is 43.3. The van der Waals surface area contributed by atoms with Gasteiger partial charge in [0.05, 0.1) is 17.4 Å². The molecule has 2 aromatic rings. The summed E-state index contributed by atoms with van der Waals surface area (Å²) >= 11 is 0. The van der Waals surface area contributed by atoms with E-state index in [-0.39, 0.29) is 17.9 Å². The van der Waals surface area contributed by atoms with Gasteiger partial charge in [-0.3, -0.25) is 4.68 Å². The van der Waals surface area contributed by atoms with Crippen LogP contribution in [-0.4, -0.2) is 27.7 Å². The molecule has 1 fully saturated rings. The molecule has 0 saturated carbocycles. The summed E-state index contributed by atoms with van der Waals surface area (Å²) in [5.74, 6) is -0.379. The van der Waals surface area contributed by atoms with Gasteiger partial charge in [0, 0.05) is 24.3 Å². The molecule has 6 nitrogen and oxygen atoms in total. The van der Waals surface area contributed by atoms with Crippen LogP contribution in [0.5, 0.6) is 5.75 Å². The van der Waals surface area contributed by atoms with Gasteiger partial charge >= 0.3 is 6.36 Å². The highest BCUT2D eigenvalue weighted by Crippen LogP contribution is 2.35. The number of nitrogen functional groups attached to an aromatic ring is 1. The van der Waals surface area contributed by atoms with Crippen molar-refractivity contribution in [2.75, 3.05) is 12.3 Å². The van der Waals surface area contributed by atoms with Crippen LogP contribution in [0.15, 0.2) is 18.3 Å². The maximum absolute atomic E-state index is 12.5. The van der Waals surface area contributed by atoms with Crippen LogP contribution in [0.4, 0.5) is 19.0 Å². The SMILES string of the molecule is CC1CNC1c1cc(-c2cnc(N)c(OC(F)(F)F)c2)nn1C(C)C. The summed E-state index contributed by atoms with van der Waals surface area (Å²) in [4.78, 5) is 3.81. The summed E-state index contributed by atoms with van der Waals surface area (Å²) in [5.41, 5.74) is 7.43. The number of nitrogens with one attached hydrogen (secondary N) is 1. The molecule has 0 bridgehead atoms. The lowest BCUT2D eigenvalue weighted by Gasteiger charge is -2.36. The van der Waals surface area contributed by atoms with E-state index in [1.54, 1.807) is 0 Å². The van der Waals surface area contributed by atoms with Gasteiger partial charge in [0.2, 0.25) is 0 Å². The lowest BCUT2D eigenvalue weighted by Crippen LogP contribution is -2.45. The van der Waals surface area contributed by atoms with Crippen LogP contribution < -0.4 is 15.8 Å². The second-order valence-electron chi connectivity index (χ2n) is 6.51. The van der Waals surface area contributed by atoms with E-state index in [0.717, 1.165) is 12.2 Å². The summed E-state index contributed by atoms with van der Waals surface area (Å²) in [6, 6.07) is 3.38. The standard InChI is InChI=1S/C16H20F3N5O/c1-8(2)24-12(14-9(3)6-21-14)5-11(23-24)10-4-13(15(20)22-7-10)25-16(17,18)19/h4-5,7-9,14,21H,6H2,1-3H3,(H2,20,22). The molecule has 0 aromatic carbocycles. The van der Waals surface area contributed by atoms with Crippen molar-refractivity contribution in [1.29, 1.82) is 0 Å². The lowest BCUT2D eigenvalue weighted by atomic mass is 9.90. The Kier molecular flexibility index (Phi) is 4.36. The first-order chi connectivity index (χ1) is 11.7. The third-order valence-corrected chi connectivity index (χ3v) is 4.20. The first-order valence-corrected chi connectivity index (χ1v) is 8.00. The van der Waals surface area contributed by atoms with Crippen LogP contribution in [0.2, 0.25) is 0 Å². The number of ether oxygens (including phenoxy) is 1. The Hall–Kier alpha value is -2.29. The molecule has 0 amide bonds. The molecule has 9 heteroatoms. The Morgan fingerprint density at radius 3 is 2.60 bits per heavy atom. The average Bonchev–Trinajstić information content (AvgIpc) is 2.91. The molecule has 3 rings (SSSR count). The van der Waals surface area contributed by atoms with Gasteiger partial charge in [0.1, 0.15) is 0 Å². The van der Waals surface area contributed by atoms with Crippen LogP contribution in [0.1, 0.15) is 38.5 Å². The molecular weight excluding hydrogens is 335 g/mol. The largest absolute Gasteiger partial charge is 0.573 e. The number of pyridine rings is 1. The van der Waals surface area contributed by atoms with Crippen molar-refractivity contribution >= 4 is 5.82 Å². The highest BCUT2D eigenvalue weighted by molar-refractivity contribution is 5.64. The van der Waals surface area contributed by atoms with E-state index < -0.39 is 12.1 Å². The van der Waals surface area contributed by atoms with Crippen molar-refractivity contribution in [1.82, 2.24) is 20.1 Å². The molecule has 3 heterocycles. The number of hydrogen-bond acceptors (Lipinski definition) is 5. The number of nitrogens with zero attached hydrogens (tertiary/aromatic N) is 3. The zero-order valence-corrected chi connectivity index (χ0v) is 14.1. The van der Waals surface area contributed by atoms with Gasteiger partial charge < -0.3 is 15.8 Å². The van der Waals surface area contributed by atoms with E-state index in [1.165, 1.54) is 12.3 Å². The Bertz CT molecular complexity index is 772. The molecule has 1 saturated heterocycles. The number of rotatable bonds is 4. The van der Waals surface area contributed by atoms with E-state index >= 15 is 0 Å². The first-order valence-electron chi connectivity index (χ1n) is 8.00. The fourth-order valence-corrected chi connectivity index (χ4v) is 2.86. The quantitative estimate of drug-likeness (QED) is 0.880. The molecule has 2 unspecified atom stereocenters. The smallest absolute Gasteiger partial charge is 0.402 e. The number of alkyl halides is 3. The van der Waals surface area contributed by atoms with Crippen LogP contribution in [0.3, 0.4) is 0 Å². The molecule has 0 radical (unpaired) electrons. The first kappa shape index (κ1) is 17.5. The van der Waals surface area contributed by atoms with E-state index in [9.17, 15) is 13.2 Å². The fourth-order valence-electron chi connectivity index (χ4n) is 2.86. The molecule has 1 aliphatic heterocycles. The number of nitrogens with two attached hydrogens (primary N) is 1. The number of anilines is 1. The zero-order valence-electron chi connectivity index (χ0n) is 14.1. The molecule has 0 spiro atoms. The Morgan fingerprint density at radius 1 is 1.36 bits per heavy atom. The monoisotopic (exact) mass is 355 g/mol. The van der Waals surface area contributed by atoms with Gasteiger partial charge in [0.25, 0.3) is 0 Å². The number of halogens is 3.